The van der Waals surface area contributed by atoms with Crippen molar-refractivity contribution in [1.82, 2.24) is 25.5 Å². The predicted molar refractivity (Wildman–Crippen MR) is 63.7 cm³/mol. The van der Waals surface area contributed by atoms with Gasteiger partial charge in [-0.2, -0.15) is 4.80 Å². The third-order valence-electron chi connectivity index (χ3n) is 2.93. The quantitative estimate of drug-likeness (QED) is 0.791. The van der Waals surface area contributed by atoms with Crippen LogP contribution < -0.4 is 5.32 Å². The first-order chi connectivity index (χ1) is 7.50. The van der Waals surface area contributed by atoms with Crippen molar-refractivity contribution in [2.45, 2.75) is 34.2 Å². The van der Waals surface area contributed by atoms with Crippen LogP contribution in [0.1, 0.15) is 33.5 Å². The van der Waals surface area contributed by atoms with E-state index in [1.807, 2.05) is 0 Å². The van der Waals surface area contributed by atoms with E-state index in [4.69, 9.17) is 0 Å². The van der Waals surface area contributed by atoms with Crippen LogP contribution in [-0.2, 0) is 13.6 Å². The molecule has 0 radical (unpaired) electrons. The molecule has 0 spiro atoms. The van der Waals surface area contributed by atoms with Gasteiger partial charge in [0.2, 0.25) is 0 Å². The molecule has 1 rings (SSSR count). The van der Waals surface area contributed by atoms with E-state index in [0.29, 0.717) is 24.3 Å². The van der Waals surface area contributed by atoms with Gasteiger partial charge in [-0.05, 0) is 29.5 Å². The molecule has 0 aliphatic rings. The highest BCUT2D eigenvalue weighted by molar-refractivity contribution is 4.77. The molecule has 0 saturated heterocycles. The number of hydrogen-bond acceptors (Lipinski definition) is 4. The minimum Gasteiger partial charge on any atom is -0.309 e. The standard InChI is InChI=1S/C11H23N5/c1-8(2)10(9(3)4)6-12-7-11-13-15-16(5)14-11/h8-10,12H,6-7H2,1-5H3. The molecule has 0 aliphatic heterocycles. The first-order valence-corrected chi connectivity index (χ1v) is 5.94. The second-order valence-electron chi connectivity index (χ2n) is 4.98. The molecule has 0 unspecified atom stereocenters. The minimum absolute atomic E-state index is 0.691. The Bertz CT molecular complexity index is 297. The Labute approximate surface area is 97.6 Å². The lowest BCUT2D eigenvalue weighted by molar-refractivity contribution is 0.275. The van der Waals surface area contributed by atoms with Gasteiger partial charge in [0, 0.05) is 0 Å². The second kappa shape index (κ2) is 5.94. The zero-order valence-electron chi connectivity index (χ0n) is 10.9. The Balaban J connectivity index is 2.33. The van der Waals surface area contributed by atoms with Crippen LogP contribution in [0.3, 0.4) is 0 Å². The summed E-state index contributed by atoms with van der Waals surface area (Å²) in [6.07, 6.45) is 0. The molecular weight excluding hydrogens is 202 g/mol. The summed E-state index contributed by atoms with van der Waals surface area (Å²) in [6, 6.07) is 0. The Morgan fingerprint density at radius 2 is 1.81 bits per heavy atom. The maximum absolute atomic E-state index is 4.13. The summed E-state index contributed by atoms with van der Waals surface area (Å²) in [7, 11) is 1.78. The zero-order valence-corrected chi connectivity index (χ0v) is 10.9. The maximum Gasteiger partial charge on any atom is 0.188 e. The number of aromatic nitrogens is 4. The van der Waals surface area contributed by atoms with E-state index in [-0.39, 0.29) is 0 Å². The van der Waals surface area contributed by atoms with Crippen LogP contribution in [-0.4, -0.2) is 26.8 Å². The highest BCUT2D eigenvalue weighted by atomic mass is 15.6. The van der Waals surface area contributed by atoms with E-state index in [9.17, 15) is 0 Å². The van der Waals surface area contributed by atoms with Gasteiger partial charge < -0.3 is 5.32 Å². The largest absolute Gasteiger partial charge is 0.309 e. The Morgan fingerprint density at radius 3 is 2.25 bits per heavy atom. The summed E-state index contributed by atoms with van der Waals surface area (Å²) < 4.78 is 0. The molecule has 0 saturated carbocycles. The number of aryl methyl sites for hydroxylation is 1. The van der Waals surface area contributed by atoms with Crippen LogP contribution in [0.15, 0.2) is 0 Å². The summed E-state index contributed by atoms with van der Waals surface area (Å²) >= 11 is 0. The van der Waals surface area contributed by atoms with Gasteiger partial charge in [-0.15, -0.1) is 10.2 Å². The lowest BCUT2D eigenvalue weighted by Gasteiger charge is -2.24. The first-order valence-electron chi connectivity index (χ1n) is 5.94. The highest BCUT2D eigenvalue weighted by Crippen LogP contribution is 2.19. The molecule has 1 aromatic rings. The van der Waals surface area contributed by atoms with Crippen LogP contribution in [0.2, 0.25) is 0 Å². The van der Waals surface area contributed by atoms with Crippen molar-refractivity contribution in [2.75, 3.05) is 6.54 Å². The van der Waals surface area contributed by atoms with Crippen LogP contribution in [0.5, 0.6) is 0 Å². The third kappa shape index (κ3) is 3.89. The highest BCUT2D eigenvalue weighted by Gasteiger charge is 2.16. The molecule has 0 atom stereocenters. The van der Waals surface area contributed by atoms with Gasteiger partial charge in [0.15, 0.2) is 5.82 Å². The fourth-order valence-electron chi connectivity index (χ4n) is 1.99. The summed E-state index contributed by atoms with van der Waals surface area (Å²) in [4.78, 5) is 1.49. The van der Waals surface area contributed by atoms with Crippen LogP contribution >= 0.6 is 0 Å². The number of nitrogens with one attached hydrogen (secondary N) is 1. The van der Waals surface area contributed by atoms with E-state index < -0.39 is 0 Å². The molecule has 0 aromatic carbocycles. The molecule has 0 fully saturated rings. The molecule has 1 N–H and O–H groups in total. The molecule has 1 aromatic heterocycles. The number of nitrogens with zero attached hydrogens (tertiary/aromatic N) is 4. The monoisotopic (exact) mass is 225 g/mol. The van der Waals surface area contributed by atoms with Crippen molar-refractivity contribution in [1.29, 1.82) is 0 Å². The van der Waals surface area contributed by atoms with Gasteiger partial charge in [-0.3, -0.25) is 0 Å². The summed E-state index contributed by atoms with van der Waals surface area (Å²) in [6.45, 7) is 10.8. The van der Waals surface area contributed by atoms with Crippen molar-refractivity contribution in [3.8, 4) is 0 Å². The summed E-state index contributed by atoms with van der Waals surface area (Å²) in [5.74, 6) is 2.84. The fourth-order valence-corrected chi connectivity index (χ4v) is 1.99. The minimum atomic E-state index is 0.691. The van der Waals surface area contributed by atoms with Crippen molar-refractivity contribution in [2.24, 2.45) is 24.8 Å². The van der Waals surface area contributed by atoms with Crippen LogP contribution in [0.4, 0.5) is 0 Å². The summed E-state index contributed by atoms with van der Waals surface area (Å²) in [5, 5.41) is 15.3. The molecular formula is C11H23N5. The molecule has 0 amide bonds. The van der Waals surface area contributed by atoms with E-state index >= 15 is 0 Å². The fraction of sp³-hybridized carbons (Fsp3) is 0.909. The van der Waals surface area contributed by atoms with Gasteiger partial charge >= 0.3 is 0 Å². The SMILES string of the molecule is CC(C)C(CNCc1nnn(C)n1)C(C)C. The zero-order chi connectivity index (χ0) is 12.1. The van der Waals surface area contributed by atoms with E-state index in [0.717, 1.165) is 12.4 Å². The molecule has 1 heterocycles. The van der Waals surface area contributed by atoms with Gasteiger partial charge in [0.1, 0.15) is 0 Å². The molecule has 5 heteroatoms. The molecule has 0 aliphatic carbocycles. The number of tetrazole rings is 1. The smallest absolute Gasteiger partial charge is 0.188 e. The molecule has 5 nitrogen and oxygen atoms in total. The van der Waals surface area contributed by atoms with Gasteiger partial charge in [0.25, 0.3) is 0 Å². The van der Waals surface area contributed by atoms with Crippen LogP contribution in [0.25, 0.3) is 0 Å². The third-order valence-corrected chi connectivity index (χ3v) is 2.93. The van der Waals surface area contributed by atoms with Gasteiger partial charge in [0.05, 0.1) is 13.6 Å². The normalized spacial score (nSPS) is 12.0. The Kier molecular flexibility index (Phi) is 4.86. The van der Waals surface area contributed by atoms with Crippen molar-refractivity contribution in [3.05, 3.63) is 5.82 Å². The average Bonchev–Trinajstić information content (AvgIpc) is 2.57. The van der Waals surface area contributed by atoms with E-state index in [1.165, 1.54) is 4.80 Å². The lowest BCUT2D eigenvalue weighted by atomic mass is 9.85. The topological polar surface area (TPSA) is 55.6 Å². The van der Waals surface area contributed by atoms with Gasteiger partial charge in [-0.1, -0.05) is 27.7 Å². The first kappa shape index (κ1) is 13.1. The molecule has 92 valence electrons. The molecule has 0 bridgehead atoms. The average molecular weight is 225 g/mol. The maximum atomic E-state index is 4.13. The predicted octanol–water partition coefficient (Wildman–Crippen LogP) is 1.23. The van der Waals surface area contributed by atoms with Crippen molar-refractivity contribution in [3.63, 3.8) is 0 Å². The number of rotatable bonds is 6. The molecule has 16 heavy (non-hydrogen) atoms. The Morgan fingerprint density at radius 1 is 1.19 bits per heavy atom. The Hall–Kier alpha value is -0.970. The van der Waals surface area contributed by atoms with Crippen LogP contribution in [0, 0.1) is 17.8 Å². The van der Waals surface area contributed by atoms with Crippen molar-refractivity contribution >= 4 is 0 Å². The lowest BCUT2D eigenvalue weighted by Crippen LogP contribution is -2.29. The van der Waals surface area contributed by atoms with Crippen molar-refractivity contribution < 1.29 is 0 Å². The number of hydrogen-bond donors (Lipinski definition) is 1. The van der Waals surface area contributed by atoms with E-state index in [1.54, 1.807) is 7.05 Å². The summed E-state index contributed by atoms with van der Waals surface area (Å²) in [5.41, 5.74) is 0. The second-order valence-corrected chi connectivity index (χ2v) is 4.98. The van der Waals surface area contributed by atoms with E-state index in [2.05, 4.69) is 48.4 Å². The van der Waals surface area contributed by atoms with Gasteiger partial charge in [-0.25, -0.2) is 0 Å².